The summed E-state index contributed by atoms with van der Waals surface area (Å²) in [5.74, 6) is -1.21. The number of aliphatic hydroxyl groups excluding tert-OH is 1. The Labute approximate surface area is 234 Å². The van der Waals surface area contributed by atoms with Crippen LogP contribution >= 0.6 is 0 Å². The molecular formula is C31H51FO7. The van der Waals surface area contributed by atoms with Crippen molar-refractivity contribution in [2.75, 3.05) is 20.3 Å². The molecule has 2 unspecified atom stereocenters. The van der Waals surface area contributed by atoms with Crippen LogP contribution in [0.5, 0.6) is 0 Å². The third-order valence-corrected chi connectivity index (χ3v) is 8.03. The number of ether oxygens (including phenoxy) is 5. The van der Waals surface area contributed by atoms with Gasteiger partial charge in [0.05, 0.1) is 25.4 Å². The summed E-state index contributed by atoms with van der Waals surface area (Å²) in [6.07, 6.45) is 16.1. The number of methoxy groups -OCH3 is 1. The fourth-order valence-corrected chi connectivity index (χ4v) is 5.78. The van der Waals surface area contributed by atoms with E-state index in [-0.39, 0.29) is 36.7 Å². The minimum atomic E-state index is -1.34. The molecule has 224 valence electrons. The highest BCUT2D eigenvalue weighted by Gasteiger charge is 2.46. The lowest BCUT2D eigenvalue weighted by Gasteiger charge is -2.30. The molecule has 2 saturated heterocycles. The first-order valence-electron chi connectivity index (χ1n) is 15.3. The number of hydrogen-bond acceptors (Lipinski definition) is 7. The Hall–Kier alpha value is -1.32. The van der Waals surface area contributed by atoms with Gasteiger partial charge in [0.15, 0.2) is 12.6 Å². The van der Waals surface area contributed by atoms with Crippen LogP contribution < -0.4 is 0 Å². The van der Waals surface area contributed by atoms with Gasteiger partial charge < -0.3 is 28.8 Å². The van der Waals surface area contributed by atoms with Gasteiger partial charge in [-0.1, -0.05) is 50.5 Å². The highest BCUT2D eigenvalue weighted by molar-refractivity contribution is 5.69. The van der Waals surface area contributed by atoms with E-state index in [0.29, 0.717) is 32.3 Å². The molecule has 0 amide bonds. The molecular weight excluding hydrogens is 503 g/mol. The van der Waals surface area contributed by atoms with Gasteiger partial charge in [0, 0.05) is 37.9 Å². The minimum Gasteiger partial charge on any atom is -0.469 e. The predicted molar refractivity (Wildman–Crippen MR) is 148 cm³/mol. The number of hydrogen-bond donors (Lipinski definition) is 1. The summed E-state index contributed by atoms with van der Waals surface area (Å²) in [4.78, 5) is 11.3. The number of aliphatic hydroxyl groups is 1. The molecule has 8 heteroatoms. The number of rotatable bonds is 16. The van der Waals surface area contributed by atoms with Gasteiger partial charge in [-0.2, -0.15) is 0 Å². The number of carbonyl (C=O) groups is 1. The Bertz CT molecular complexity index is 732. The Morgan fingerprint density at radius 3 is 2.46 bits per heavy atom. The van der Waals surface area contributed by atoms with Crippen molar-refractivity contribution in [3.05, 3.63) is 24.3 Å². The molecule has 3 aliphatic rings. The van der Waals surface area contributed by atoms with Gasteiger partial charge in [-0.15, -0.1) is 0 Å². The summed E-state index contributed by atoms with van der Waals surface area (Å²) >= 11 is 0. The van der Waals surface area contributed by atoms with Gasteiger partial charge in [0.1, 0.15) is 6.17 Å². The lowest BCUT2D eigenvalue weighted by Crippen LogP contribution is -2.33. The third-order valence-electron chi connectivity index (χ3n) is 8.03. The van der Waals surface area contributed by atoms with Crippen LogP contribution in [-0.2, 0) is 28.5 Å². The first-order chi connectivity index (χ1) is 19.0. The first kappa shape index (κ1) is 32.2. The summed E-state index contributed by atoms with van der Waals surface area (Å²) in [5.41, 5.74) is 0. The van der Waals surface area contributed by atoms with Crippen molar-refractivity contribution in [1.29, 1.82) is 0 Å². The quantitative estimate of drug-likeness (QED) is 0.139. The van der Waals surface area contributed by atoms with Gasteiger partial charge >= 0.3 is 5.97 Å². The van der Waals surface area contributed by atoms with Crippen LogP contribution in [0.3, 0.4) is 0 Å². The summed E-state index contributed by atoms with van der Waals surface area (Å²) in [5, 5.41) is 11.0. The summed E-state index contributed by atoms with van der Waals surface area (Å²) < 4.78 is 44.6. The second kappa shape index (κ2) is 18.2. The number of unbranched alkanes of at least 4 members (excludes halogenated alkanes) is 3. The molecule has 2 aliphatic heterocycles. The largest absolute Gasteiger partial charge is 0.469 e. The molecule has 1 aliphatic carbocycles. The molecule has 2 heterocycles. The van der Waals surface area contributed by atoms with Gasteiger partial charge in [-0.3, -0.25) is 4.79 Å². The van der Waals surface area contributed by atoms with Crippen molar-refractivity contribution in [3.8, 4) is 0 Å². The normalized spacial score (nSPS) is 31.6. The molecule has 8 atom stereocenters. The van der Waals surface area contributed by atoms with Gasteiger partial charge in [-0.05, 0) is 57.8 Å². The summed E-state index contributed by atoms with van der Waals surface area (Å²) in [6.45, 7) is 3.57. The number of carbonyl (C=O) groups excluding carboxylic acids is 1. The van der Waals surface area contributed by atoms with E-state index in [0.717, 1.165) is 70.8 Å². The summed E-state index contributed by atoms with van der Waals surface area (Å²) in [6, 6.07) is 0. The number of allylic oxidation sites excluding steroid dienone is 2. The van der Waals surface area contributed by atoms with Crippen LogP contribution in [0.15, 0.2) is 24.3 Å². The summed E-state index contributed by atoms with van der Waals surface area (Å²) in [7, 11) is 1.36. The molecule has 0 bridgehead atoms. The van der Waals surface area contributed by atoms with E-state index >= 15 is 4.39 Å². The number of alkyl halides is 1. The maximum atomic E-state index is 15.6. The Kier molecular flexibility index (Phi) is 15.0. The minimum absolute atomic E-state index is 0.128. The fourth-order valence-electron chi connectivity index (χ4n) is 5.78. The molecule has 3 fully saturated rings. The van der Waals surface area contributed by atoms with Gasteiger partial charge in [0.25, 0.3) is 0 Å². The van der Waals surface area contributed by atoms with E-state index < -0.39 is 18.2 Å². The van der Waals surface area contributed by atoms with Crippen LogP contribution in [0, 0.1) is 11.8 Å². The van der Waals surface area contributed by atoms with Crippen molar-refractivity contribution < 1.29 is 38.0 Å². The second-order valence-electron chi connectivity index (χ2n) is 11.1. The van der Waals surface area contributed by atoms with Gasteiger partial charge in [0.2, 0.25) is 0 Å². The molecule has 7 nitrogen and oxygen atoms in total. The van der Waals surface area contributed by atoms with Crippen molar-refractivity contribution in [3.63, 3.8) is 0 Å². The predicted octanol–water partition coefficient (Wildman–Crippen LogP) is 6.18. The topological polar surface area (TPSA) is 83.5 Å². The van der Waals surface area contributed by atoms with Crippen LogP contribution in [0.2, 0.25) is 0 Å². The van der Waals surface area contributed by atoms with E-state index in [1.165, 1.54) is 13.2 Å². The highest BCUT2D eigenvalue weighted by atomic mass is 19.1. The zero-order valence-corrected chi connectivity index (χ0v) is 24.0. The molecule has 0 aromatic heterocycles. The smallest absolute Gasteiger partial charge is 0.305 e. The Morgan fingerprint density at radius 1 is 1.05 bits per heavy atom. The maximum absolute atomic E-state index is 15.6. The average Bonchev–Trinajstić information content (AvgIpc) is 3.26. The molecule has 0 aromatic carbocycles. The average molecular weight is 555 g/mol. The molecule has 0 radical (unpaired) electrons. The molecule has 1 N–H and O–H groups in total. The van der Waals surface area contributed by atoms with Crippen molar-refractivity contribution in [1.82, 2.24) is 0 Å². The van der Waals surface area contributed by atoms with E-state index in [2.05, 4.69) is 11.7 Å². The van der Waals surface area contributed by atoms with Crippen LogP contribution in [0.4, 0.5) is 4.39 Å². The van der Waals surface area contributed by atoms with Crippen LogP contribution in [0.25, 0.3) is 0 Å². The van der Waals surface area contributed by atoms with Crippen LogP contribution in [-0.4, -0.2) is 68.5 Å². The number of esters is 1. The van der Waals surface area contributed by atoms with Crippen molar-refractivity contribution in [2.45, 2.75) is 134 Å². The van der Waals surface area contributed by atoms with Gasteiger partial charge in [-0.25, -0.2) is 4.39 Å². The maximum Gasteiger partial charge on any atom is 0.305 e. The molecule has 0 spiro atoms. The fraction of sp³-hybridized carbons (Fsp3) is 0.839. The Morgan fingerprint density at radius 2 is 1.79 bits per heavy atom. The zero-order chi connectivity index (χ0) is 27.9. The number of halogens is 1. The van der Waals surface area contributed by atoms with Crippen LogP contribution in [0.1, 0.15) is 96.8 Å². The van der Waals surface area contributed by atoms with E-state index in [4.69, 9.17) is 18.9 Å². The first-order valence-corrected chi connectivity index (χ1v) is 15.3. The van der Waals surface area contributed by atoms with Crippen molar-refractivity contribution in [2.24, 2.45) is 11.8 Å². The highest BCUT2D eigenvalue weighted by Crippen LogP contribution is 2.41. The molecule has 3 rings (SSSR count). The SMILES string of the molecule is CCCCC[C@H](C=C[C@@H]1[C@@H]([C@@H](F)C=CCCCC(=O)OC)[C@@H](O)C[C@H]1OC1CCCCO1)OC1CCCCO1. The van der Waals surface area contributed by atoms with Crippen molar-refractivity contribution >= 4 is 5.97 Å². The van der Waals surface area contributed by atoms with E-state index in [1.54, 1.807) is 6.08 Å². The zero-order valence-electron chi connectivity index (χ0n) is 24.0. The lowest BCUT2D eigenvalue weighted by atomic mass is 9.88. The van der Waals surface area contributed by atoms with E-state index in [1.807, 2.05) is 12.2 Å². The molecule has 0 aromatic rings. The molecule has 1 saturated carbocycles. The Balaban J connectivity index is 1.70. The standard InChI is InChI=1S/C31H51FO7/c1-3-4-6-13-23(38-29-16-9-11-20-36-29)18-19-24-27(39-30-17-10-12-21-37-30)22-26(33)31(24)25(32)14-7-5-8-15-28(34)35-2/h7,14,18-19,23-27,29-31,33H,3-6,8-13,15-17,20-22H2,1-2H3/t23-,24+,25+,26+,27-,29?,30?,31+/m1/s1. The molecule has 39 heavy (non-hydrogen) atoms. The monoisotopic (exact) mass is 554 g/mol. The third kappa shape index (κ3) is 11.2. The lowest BCUT2D eigenvalue weighted by molar-refractivity contribution is -0.193. The second-order valence-corrected chi connectivity index (χ2v) is 11.1. The van der Waals surface area contributed by atoms with E-state index in [9.17, 15) is 9.90 Å².